The molecule has 1 aliphatic rings. The van der Waals surface area contributed by atoms with Gasteiger partial charge in [-0.3, -0.25) is 0 Å². The lowest BCUT2D eigenvalue weighted by atomic mass is 9.94. The lowest BCUT2D eigenvalue weighted by Gasteiger charge is -2.11. The van der Waals surface area contributed by atoms with Crippen molar-refractivity contribution in [3.63, 3.8) is 0 Å². The van der Waals surface area contributed by atoms with Gasteiger partial charge in [-0.1, -0.05) is 97.1 Å². The van der Waals surface area contributed by atoms with Crippen molar-refractivity contribution in [2.24, 2.45) is 0 Å². The second kappa shape index (κ2) is 10.00. The largest absolute Gasteiger partial charge is 0.456 e. The Labute approximate surface area is 255 Å². The van der Waals surface area contributed by atoms with Crippen LogP contribution in [0.5, 0.6) is 0 Å². The summed E-state index contributed by atoms with van der Waals surface area (Å²) in [6, 6.07) is 45.3. The Bertz CT molecular complexity index is 2430. The molecule has 0 spiro atoms. The van der Waals surface area contributed by atoms with Crippen molar-refractivity contribution in [3.05, 3.63) is 151 Å². The molecule has 0 atom stereocenters. The lowest BCUT2D eigenvalue weighted by molar-refractivity contribution is 0.663. The van der Waals surface area contributed by atoms with Crippen LogP contribution in [0.4, 0.5) is 0 Å². The van der Waals surface area contributed by atoms with Gasteiger partial charge in [-0.15, -0.1) is 0 Å². The van der Waals surface area contributed by atoms with Crippen LogP contribution in [0.15, 0.2) is 154 Å². The second-order valence-corrected chi connectivity index (χ2v) is 11.6. The molecular weight excluding hydrogens is 536 g/mol. The number of fused-ring (bicyclic) bond motifs is 7. The fourth-order valence-corrected chi connectivity index (χ4v) is 6.70. The molecule has 2 nitrogen and oxygen atoms in total. The molecule has 2 heterocycles. The van der Waals surface area contributed by atoms with Crippen molar-refractivity contribution in [3.8, 4) is 33.4 Å². The standard InChI is InChI=1S/C42H28O2/c1-3-9-27(10-4-1)29-13-7-15-31(23-29)33-17-20-38-36(25-33)35-19-22-40-41(42(35)44-38)37-26-34(18-21-39(37)43-40)32-16-8-14-30(24-32)28-11-5-2-6-12-28/h1-3,5-9,11-26H,4,10H2. The smallest absolute Gasteiger partial charge is 0.147 e. The minimum Gasteiger partial charge on any atom is -0.456 e. The highest BCUT2D eigenvalue weighted by Crippen LogP contribution is 2.41. The van der Waals surface area contributed by atoms with Gasteiger partial charge < -0.3 is 8.83 Å². The number of hydrogen-bond donors (Lipinski definition) is 0. The average molecular weight is 565 g/mol. The maximum absolute atomic E-state index is 6.59. The molecule has 0 saturated carbocycles. The van der Waals surface area contributed by atoms with Gasteiger partial charge >= 0.3 is 0 Å². The van der Waals surface area contributed by atoms with Gasteiger partial charge in [0.1, 0.15) is 22.3 Å². The van der Waals surface area contributed by atoms with Crippen LogP contribution in [0.2, 0.25) is 0 Å². The summed E-state index contributed by atoms with van der Waals surface area (Å²) in [6.45, 7) is 0. The summed E-state index contributed by atoms with van der Waals surface area (Å²) >= 11 is 0. The Hall–Kier alpha value is -5.60. The van der Waals surface area contributed by atoms with E-state index < -0.39 is 0 Å². The predicted molar refractivity (Wildman–Crippen MR) is 184 cm³/mol. The van der Waals surface area contributed by atoms with Crippen molar-refractivity contribution >= 4 is 49.5 Å². The summed E-state index contributed by atoms with van der Waals surface area (Å²) in [7, 11) is 0. The van der Waals surface area contributed by atoms with E-state index in [0.29, 0.717) is 0 Å². The van der Waals surface area contributed by atoms with Crippen LogP contribution in [0.1, 0.15) is 18.4 Å². The molecule has 8 aromatic rings. The van der Waals surface area contributed by atoms with E-state index in [4.69, 9.17) is 8.83 Å². The van der Waals surface area contributed by atoms with Crippen LogP contribution in [0.25, 0.3) is 82.8 Å². The zero-order valence-corrected chi connectivity index (χ0v) is 24.1. The number of furan rings is 2. The summed E-state index contributed by atoms with van der Waals surface area (Å²) in [5, 5.41) is 4.31. The molecule has 0 saturated heterocycles. The summed E-state index contributed by atoms with van der Waals surface area (Å²) in [4.78, 5) is 0. The molecule has 6 aromatic carbocycles. The maximum atomic E-state index is 6.59. The van der Waals surface area contributed by atoms with Crippen molar-refractivity contribution in [1.82, 2.24) is 0 Å². The van der Waals surface area contributed by atoms with E-state index in [9.17, 15) is 0 Å². The Morgan fingerprint density at radius 1 is 0.432 bits per heavy atom. The fourth-order valence-electron chi connectivity index (χ4n) is 6.70. The van der Waals surface area contributed by atoms with Crippen LogP contribution in [0.3, 0.4) is 0 Å². The Balaban J connectivity index is 1.17. The van der Waals surface area contributed by atoms with Crippen molar-refractivity contribution in [2.45, 2.75) is 12.8 Å². The monoisotopic (exact) mass is 564 g/mol. The molecule has 0 bridgehead atoms. The number of hydrogen-bond acceptors (Lipinski definition) is 2. The van der Waals surface area contributed by atoms with E-state index in [-0.39, 0.29) is 0 Å². The first kappa shape index (κ1) is 24.9. The number of rotatable bonds is 4. The fraction of sp³-hybridized carbons (Fsp3) is 0.0476. The number of allylic oxidation sites excluding steroid dienone is 4. The highest BCUT2D eigenvalue weighted by molar-refractivity contribution is 6.22. The minimum atomic E-state index is 0.837. The molecule has 1 aliphatic carbocycles. The molecule has 0 N–H and O–H groups in total. The number of benzene rings is 6. The van der Waals surface area contributed by atoms with Gasteiger partial charge in [0.2, 0.25) is 0 Å². The van der Waals surface area contributed by atoms with Crippen molar-refractivity contribution in [1.29, 1.82) is 0 Å². The van der Waals surface area contributed by atoms with Gasteiger partial charge in [-0.2, -0.15) is 0 Å². The summed E-state index contributed by atoms with van der Waals surface area (Å²) < 4.78 is 12.9. The van der Waals surface area contributed by atoms with Gasteiger partial charge in [-0.25, -0.2) is 0 Å². The Kier molecular flexibility index (Phi) is 5.67. The second-order valence-electron chi connectivity index (χ2n) is 11.6. The van der Waals surface area contributed by atoms with E-state index in [2.05, 4.69) is 146 Å². The van der Waals surface area contributed by atoms with Gasteiger partial charge in [0.15, 0.2) is 0 Å². The molecule has 2 heteroatoms. The quantitative estimate of drug-likeness (QED) is 0.212. The van der Waals surface area contributed by atoms with Crippen molar-refractivity contribution in [2.75, 3.05) is 0 Å². The average Bonchev–Trinajstić information content (AvgIpc) is 3.66. The van der Waals surface area contributed by atoms with Crippen LogP contribution >= 0.6 is 0 Å². The molecule has 2 aromatic heterocycles. The maximum Gasteiger partial charge on any atom is 0.147 e. The summed E-state index contributed by atoms with van der Waals surface area (Å²) in [5.41, 5.74) is 13.3. The van der Waals surface area contributed by atoms with Crippen LogP contribution < -0.4 is 0 Å². The van der Waals surface area contributed by atoms with Gasteiger partial charge in [0, 0.05) is 16.2 Å². The van der Waals surface area contributed by atoms with E-state index in [0.717, 1.165) is 62.3 Å². The normalized spacial score (nSPS) is 13.3. The lowest BCUT2D eigenvalue weighted by Crippen LogP contribution is -1.88. The van der Waals surface area contributed by atoms with E-state index in [1.807, 2.05) is 0 Å². The predicted octanol–water partition coefficient (Wildman–Crippen LogP) is 12.2. The summed E-state index contributed by atoms with van der Waals surface area (Å²) in [6.07, 6.45) is 8.82. The van der Waals surface area contributed by atoms with Gasteiger partial charge in [0.25, 0.3) is 0 Å². The molecule has 0 aliphatic heterocycles. The van der Waals surface area contributed by atoms with Gasteiger partial charge in [0.05, 0.1) is 5.39 Å². The highest BCUT2D eigenvalue weighted by atomic mass is 16.3. The molecule has 208 valence electrons. The first-order chi connectivity index (χ1) is 21.8. The van der Waals surface area contributed by atoms with Crippen LogP contribution in [-0.2, 0) is 0 Å². The Morgan fingerprint density at radius 2 is 1.05 bits per heavy atom. The molecule has 44 heavy (non-hydrogen) atoms. The topological polar surface area (TPSA) is 26.3 Å². The van der Waals surface area contributed by atoms with E-state index in [1.54, 1.807) is 0 Å². The third-order valence-electron chi connectivity index (χ3n) is 8.95. The Morgan fingerprint density at radius 3 is 1.80 bits per heavy atom. The van der Waals surface area contributed by atoms with Gasteiger partial charge in [-0.05, 0) is 106 Å². The van der Waals surface area contributed by atoms with Crippen LogP contribution in [0, 0.1) is 0 Å². The van der Waals surface area contributed by atoms with Crippen molar-refractivity contribution < 1.29 is 8.83 Å². The first-order valence-electron chi connectivity index (χ1n) is 15.2. The third-order valence-corrected chi connectivity index (χ3v) is 8.95. The molecular formula is C42H28O2. The van der Waals surface area contributed by atoms with E-state index in [1.165, 1.54) is 39.0 Å². The molecule has 0 amide bonds. The molecule has 0 fully saturated rings. The van der Waals surface area contributed by atoms with Crippen LogP contribution in [-0.4, -0.2) is 0 Å². The van der Waals surface area contributed by atoms with E-state index >= 15 is 0 Å². The zero-order chi connectivity index (χ0) is 29.0. The zero-order valence-electron chi connectivity index (χ0n) is 24.1. The molecule has 0 unspecified atom stereocenters. The minimum absolute atomic E-state index is 0.837. The molecule has 0 radical (unpaired) electrons. The highest BCUT2D eigenvalue weighted by Gasteiger charge is 2.18. The SMILES string of the molecule is C1=CCCC(c2cccc(-c3ccc4oc5c(ccc6oc7ccc(-c8cccc(-c9ccccc9)c8)cc7c65)c4c3)c2)=C1. The third kappa shape index (κ3) is 4.11. The summed E-state index contributed by atoms with van der Waals surface area (Å²) in [5.74, 6) is 0. The molecule has 9 rings (SSSR count). The first-order valence-corrected chi connectivity index (χ1v) is 15.2.